The van der Waals surface area contributed by atoms with Crippen LogP contribution in [0, 0.1) is 0 Å². The summed E-state index contributed by atoms with van der Waals surface area (Å²) in [6, 6.07) is 0. The molecule has 0 unspecified atom stereocenters. The van der Waals surface area contributed by atoms with E-state index in [0.717, 1.165) is 24.0 Å². The van der Waals surface area contributed by atoms with Gasteiger partial charge in [0.2, 0.25) is 5.13 Å². The van der Waals surface area contributed by atoms with Gasteiger partial charge in [-0.15, -0.1) is 0 Å². The summed E-state index contributed by atoms with van der Waals surface area (Å²) < 4.78 is 4.31. The number of hydrogen-bond acceptors (Lipinski definition) is 5. The Bertz CT molecular complexity index is 272. The maximum absolute atomic E-state index is 4.47. The van der Waals surface area contributed by atoms with E-state index in [2.05, 4.69) is 33.4 Å². The monoisotopic (exact) mass is 214 g/mol. The van der Waals surface area contributed by atoms with Crippen molar-refractivity contribution in [1.82, 2.24) is 14.7 Å². The number of hydrogen-bond donors (Lipinski definition) is 1. The fourth-order valence-electron chi connectivity index (χ4n) is 0.991. The van der Waals surface area contributed by atoms with Crippen LogP contribution < -0.4 is 10.2 Å². The first-order valence-electron chi connectivity index (χ1n) is 4.84. The van der Waals surface area contributed by atoms with Crippen molar-refractivity contribution in [2.75, 3.05) is 32.1 Å². The van der Waals surface area contributed by atoms with Crippen molar-refractivity contribution in [3.8, 4) is 0 Å². The molecular weight excluding hydrogens is 196 g/mol. The van der Waals surface area contributed by atoms with Crippen molar-refractivity contribution in [1.29, 1.82) is 0 Å². The summed E-state index contributed by atoms with van der Waals surface area (Å²) >= 11 is 1.47. The zero-order chi connectivity index (χ0) is 10.6. The molecule has 4 nitrogen and oxygen atoms in total. The molecule has 0 aliphatic heterocycles. The number of aromatic nitrogens is 2. The van der Waals surface area contributed by atoms with Crippen molar-refractivity contribution in [2.24, 2.45) is 0 Å². The predicted octanol–water partition coefficient (Wildman–Crippen LogP) is 1.32. The molecule has 0 spiro atoms. The third kappa shape index (κ3) is 2.92. The topological polar surface area (TPSA) is 41.0 Å². The molecule has 0 fully saturated rings. The fourth-order valence-corrected chi connectivity index (χ4v) is 1.78. The minimum absolute atomic E-state index is 0.415. The maximum Gasteiger partial charge on any atom is 0.204 e. The average Bonchev–Trinajstić information content (AvgIpc) is 2.62. The van der Waals surface area contributed by atoms with Crippen LogP contribution in [0.5, 0.6) is 0 Å². The molecule has 0 atom stereocenters. The maximum atomic E-state index is 4.47. The number of anilines is 1. The van der Waals surface area contributed by atoms with Crippen LogP contribution in [0.15, 0.2) is 0 Å². The summed E-state index contributed by atoms with van der Waals surface area (Å²) in [6.45, 7) is 6.15. The van der Waals surface area contributed by atoms with Gasteiger partial charge in [-0.05, 0) is 7.05 Å². The molecule has 0 aliphatic carbocycles. The van der Waals surface area contributed by atoms with Gasteiger partial charge < -0.3 is 10.2 Å². The van der Waals surface area contributed by atoms with E-state index in [4.69, 9.17) is 0 Å². The quantitative estimate of drug-likeness (QED) is 0.802. The highest BCUT2D eigenvalue weighted by molar-refractivity contribution is 7.09. The van der Waals surface area contributed by atoms with Crippen molar-refractivity contribution in [3.05, 3.63) is 5.82 Å². The molecule has 1 aromatic rings. The SMILES string of the molecule is CNCCN(C)c1nc(C(C)C)ns1. The highest BCUT2D eigenvalue weighted by Gasteiger charge is 2.10. The molecular formula is C9H18N4S. The van der Waals surface area contributed by atoms with Gasteiger partial charge in [0.1, 0.15) is 5.82 Å². The highest BCUT2D eigenvalue weighted by atomic mass is 32.1. The van der Waals surface area contributed by atoms with Gasteiger partial charge in [0, 0.05) is 37.6 Å². The minimum atomic E-state index is 0.415. The molecule has 0 aromatic carbocycles. The Morgan fingerprint density at radius 2 is 2.21 bits per heavy atom. The first-order valence-corrected chi connectivity index (χ1v) is 5.61. The Labute approximate surface area is 89.5 Å². The molecule has 0 saturated carbocycles. The van der Waals surface area contributed by atoms with Gasteiger partial charge >= 0.3 is 0 Å². The van der Waals surface area contributed by atoms with Crippen LogP contribution >= 0.6 is 11.5 Å². The lowest BCUT2D eigenvalue weighted by molar-refractivity contribution is 0.757. The van der Waals surface area contributed by atoms with Gasteiger partial charge in [-0.25, -0.2) is 4.98 Å². The Balaban J connectivity index is 2.57. The number of rotatable bonds is 5. The number of nitrogens with zero attached hydrogens (tertiary/aromatic N) is 3. The van der Waals surface area contributed by atoms with Gasteiger partial charge in [-0.3, -0.25) is 0 Å². The van der Waals surface area contributed by atoms with Gasteiger partial charge in [0.25, 0.3) is 0 Å². The van der Waals surface area contributed by atoms with Crippen LogP contribution in [0.1, 0.15) is 25.6 Å². The largest absolute Gasteiger partial charge is 0.349 e. The second-order valence-electron chi connectivity index (χ2n) is 3.61. The van der Waals surface area contributed by atoms with Crippen LogP contribution in [0.25, 0.3) is 0 Å². The summed E-state index contributed by atoms with van der Waals surface area (Å²) in [5, 5.41) is 4.12. The molecule has 0 saturated heterocycles. The van der Waals surface area contributed by atoms with Gasteiger partial charge in [-0.1, -0.05) is 13.8 Å². The molecule has 0 aliphatic rings. The Morgan fingerprint density at radius 3 is 2.71 bits per heavy atom. The summed E-state index contributed by atoms with van der Waals surface area (Å²) in [7, 11) is 4.00. The summed E-state index contributed by atoms with van der Waals surface area (Å²) in [4.78, 5) is 6.59. The first-order chi connectivity index (χ1) is 6.65. The van der Waals surface area contributed by atoms with Crippen molar-refractivity contribution in [2.45, 2.75) is 19.8 Å². The summed E-state index contributed by atoms with van der Waals surface area (Å²) in [5.74, 6) is 1.36. The minimum Gasteiger partial charge on any atom is -0.349 e. The number of nitrogens with one attached hydrogen (secondary N) is 1. The van der Waals surface area contributed by atoms with E-state index >= 15 is 0 Å². The molecule has 0 amide bonds. The van der Waals surface area contributed by atoms with Crippen molar-refractivity contribution < 1.29 is 0 Å². The van der Waals surface area contributed by atoms with Gasteiger partial charge in [-0.2, -0.15) is 4.37 Å². The third-order valence-corrected chi connectivity index (χ3v) is 2.82. The zero-order valence-electron chi connectivity index (χ0n) is 9.24. The number of likely N-dealkylation sites (N-methyl/N-ethyl adjacent to an activating group) is 2. The standard InChI is InChI=1S/C9H18N4S/c1-7(2)8-11-9(14-12-8)13(4)6-5-10-3/h7,10H,5-6H2,1-4H3. The molecule has 1 aromatic heterocycles. The average molecular weight is 214 g/mol. The Morgan fingerprint density at radius 1 is 1.50 bits per heavy atom. The zero-order valence-corrected chi connectivity index (χ0v) is 10.1. The smallest absolute Gasteiger partial charge is 0.204 e. The van der Waals surface area contributed by atoms with Crippen molar-refractivity contribution in [3.63, 3.8) is 0 Å². The van der Waals surface area contributed by atoms with E-state index in [-0.39, 0.29) is 0 Å². The predicted molar refractivity (Wildman–Crippen MR) is 61.2 cm³/mol. The van der Waals surface area contributed by atoms with Crippen molar-refractivity contribution >= 4 is 16.7 Å². The molecule has 0 bridgehead atoms. The lowest BCUT2D eigenvalue weighted by atomic mass is 10.2. The third-order valence-electron chi connectivity index (χ3n) is 1.97. The van der Waals surface area contributed by atoms with E-state index in [1.165, 1.54) is 11.5 Å². The second kappa shape index (κ2) is 5.26. The van der Waals surface area contributed by atoms with E-state index in [1.54, 1.807) is 0 Å². The van der Waals surface area contributed by atoms with E-state index in [1.807, 2.05) is 14.1 Å². The molecule has 5 heteroatoms. The Kier molecular flexibility index (Phi) is 4.28. The van der Waals surface area contributed by atoms with Crippen LogP contribution in [-0.4, -0.2) is 36.5 Å². The molecule has 0 radical (unpaired) electrons. The molecule has 1 N–H and O–H groups in total. The van der Waals surface area contributed by atoms with E-state index in [0.29, 0.717) is 5.92 Å². The van der Waals surface area contributed by atoms with Gasteiger partial charge in [0.05, 0.1) is 0 Å². The van der Waals surface area contributed by atoms with Crippen LogP contribution in [0.2, 0.25) is 0 Å². The molecule has 14 heavy (non-hydrogen) atoms. The lowest BCUT2D eigenvalue weighted by Gasteiger charge is -2.14. The van der Waals surface area contributed by atoms with Crippen LogP contribution in [0.4, 0.5) is 5.13 Å². The van der Waals surface area contributed by atoms with E-state index < -0.39 is 0 Å². The van der Waals surface area contributed by atoms with Crippen LogP contribution in [0.3, 0.4) is 0 Å². The molecule has 80 valence electrons. The summed E-state index contributed by atoms with van der Waals surface area (Å²) in [5.41, 5.74) is 0. The highest BCUT2D eigenvalue weighted by Crippen LogP contribution is 2.19. The second-order valence-corrected chi connectivity index (χ2v) is 4.35. The lowest BCUT2D eigenvalue weighted by Crippen LogP contribution is -2.26. The van der Waals surface area contributed by atoms with Gasteiger partial charge in [0.15, 0.2) is 0 Å². The van der Waals surface area contributed by atoms with Crippen LogP contribution in [-0.2, 0) is 0 Å². The molecule has 1 heterocycles. The summed E-state index contributed by atoms with van der Waals surface area (Å²) in [6.07, 6.45) is 0. The van der Waals surface area contributed by atoms with E-state index in [9.17, 15) is 0 Å². The molecule has 1 rings (SSSR count). The fraction of sp³-hybridized carbons (Fsp3) is 0.778. The first kappa shape index (κ1) is 11.4. The normalized spacial score (nSPS) is 10.9. The Hall–Kier alpha value is -0.680.